The van der Waals surface area contributed by atoms with Gasteiger partial charge in [-0.3, -0.25) is 4.68 Å². The number of nitrogens with one attached hydrogen (secondary N) is 2. The van der Waals surface area contributed by atoms with Crippen molar-refractivity contribution < 1.29 is 9.53 Å². The summed E-state index contributed by atoms with van der Waals surface area (Å²) >= 11 is 2.31. The summed E-state index contributed by atoms with van der Waals surface area (Å²) in [5.74, 6) is 0.694. The molecule has 2 aromatic rings. The number of hydrogen-bond donors (Lipinski definition) is 2. The van der Waals surface area contributed by atoms with E-state index in [1.807, 2.05) is 33.9 Å². The van der Waals surface area contributed by atoms with Gasteiger partial charge in [-0.25, -0.2) is 9.78 Å². The Morgan fingerprint density at radius 2 is 2.10 bits per heavy atom. The first-order valence-corrected chi connectivity index (χ1v) is 12.0. The molecule has 1 aliphatic rings. The lowest BCUT2D eigenvalue weighted by atomic mass is 10.1. The third-order valence-electron chi connectivity index (χ3n) is 5.16. The molecular formula is C22H33IN6O2. The van der Waals surface area contributed by atoms with E-state index < -0.39 is 5.60 Å². The molecule has 1 saturated carbocycles. The maximum Gasteiger partial charge on any atom is 0.407 e. The number of carbonyl (C=O) groups is 1. The minimum Gasteiger partial charge on any atom is -0.444 e. The number of hydrogen-bond acceptors (Lipinski definition) is 6. The molecule has 170 valence electrons. The quantitative estimate of drug-likeness (QED) is 0.470. The van der Waals surface area contributed by atoms with Crippen LogP contribution in [0.15, 0.2) is 12.1 Å². The Morgan fingerprint density at radius 3 is 2.74 bits per heavy atom. The number of alkyl carbamates (subject to hydrolysis) is 1. The fraction of sp³-hybridized carbons (Fsp3) is 0.636. The van der Waals surface area contributed by atoms with E-state index in [9.17, 15) is 4.79 Å². The second-order valence-corrected chi connectivity index (χ2v) is 10.3. The van der Waals surface area contributed by atoms with Crippen molar-refractivity contribution in [2.45, 2.75) is 71.6 Å². The van der Waals surface area contributed by atoms with Crippen LogP contribution in [-0.2, 0) is 24.8 Å². The smallest absolute Gasteiger partial charge is 0.407 e. The molecule has 2 aromatic heterocycles. The van der Waals surface area contributed by atoms with E-state index in [2.05, 4.69) is 56.5 Å². The number of carbonyl (C=O) groups excluding carboxylic acids is 1. The molecule has 8 nitrogen and oxygen atoms in total. The number of aryl methyl sites for hydroxylation is 2. The standard InChI is InChI=1S/C22H33IN6O2/c1-6-17-16(23)9-10-18(26-17)20-19(29(5)28-27-20)13-24-12-15(11-14-7-8-14)25-21(30)31-22(2,3)4/h9-10,14-15,24H,6-8,11-13H2,1-5H3,(H,25,30). The summed E-state index contributed by atoms with van der Waals surface area (Å²) in [6.45, 7) is 8.97. The van der Waals surface area contributed by atoms with Gasteiger partial charge in [-0.2, -0.15) is 0 Å². The van der Waals surface area contributed by atoms with Crippen LogP contribution in [0, 0.1) is 9.49 Å². The average Bonchev–Trinajstić information content (AvgIpc) is 3.42. The molecule has 31 heavy (non-hydrogen) atoms. The minimum atomic E-state index is -0.505. The third kappa shape index (κ3) is 7.13. The predicted molar refractivity (Wildman–Crippen MR) is 129 cm³/mol. The van der Waals surface area contributed by atoms with Gasteiger partial charge >= 0.3 is 6.09 Å². The van der Waals surface area contributed by atoms with Gasteiger partial charge in [-0.05, 0) is 74.3 Å². The van der Waals surface area contributed by atoms with Crippen LogP contribution in [0.4, 0.5) is 4.79 Å². The molecule has 9 heteroatoms. The predicted octanol–water partition coefficient (Wildman–Crippen LogP) is 3.83. The summed E-state index contributed by atoms with van der Waals surface area (Å²) in [6, 6.07) is 4.09. The summed E-state index contributed by atoms with van der Waals surface area (Å²) < 4.78 is 8.38. The SMILES string of the molecule is CCc1nc(-c2nnn(C)c2CNCC(CC2CC2)NC(=O)OC(C)(C)C)ccc1I. The lowest BCUT2D eigenvalue weighted by molar-refractivity contribution is 0.0500. The molecule has 2 N–H and O–H groups in total. The monoisotopic (exact) mass is 540 g/mol. The molecule has 0 spiro atoms. The van der Waals surface area contributed by atoms with Crippen LogP contribution in [0.2, 0.25) is 0 Å². The number of nitrogens with zero attached hydrogens (tertiary/aromatic N) is 4. The van der Waals surface area contributed by atoms with E-state index in [1.54, 1.807) is 4.68 Å². The first kappa shape index (κ1) is 23.9. The van der Waals surface area contributed by atoms with Crippen LogP contribution in [0.25, 0.3) is 11.4 Å². The first-order valence-electron chi connectivity index (χ1n) is 10.9. The van der Waals surface area contributed by atoms with E-state index in [1.165, 1.54) is 12.8 Å². The highest BCUT2D eigenvalue weighted by atomic mass is 127. The molecule has 3 rings (SSSR count). The Hall–Kier alpha value is -1.75. The number of pyridine rings is 1. The van der Waals surface area contributed by atoms with Crippen molar-refractivity contribution in [2.24, 2.45) is 13.0 Å². The Kier molecular flexibility index (Phi) is 7.90. The van der Waals surface area contributed by atoms with Crippen LogP contribution >= 0.6 is 22.6 Å². The summed E-state index contributed by atoms with van der Waals surface area (Å²) in [7, 11) is 1.89. The lowest BCUT2D eigenvalue weighted by Crippen LogP contribution is -2.44. The van der Waals surface area contributed by atoms with Crippen LogP contribution < -0.4 is 10.6 Å². The second kappa shape index (κ2) is 10.2. The van der Waals surface area contributed by atoms with Crippen molar-refractivity contribution in [2.75, 3.05) is 6.54 Å². The van der Waals surface area contributed by atoms with Crippen molar-refractivity contribution in [3.63, 3.8) is 0 Å². The number of aromatic nitrogens is 4. The third-order valence-corrected chi connectivity index (χ3v) is 6.14. The van der Waals surface area contributed by atoms with Gasteiger partial charge in [-0.1, -0.05) is 25.0 Å². The van der Waals surface area contributed by atoms with Crippen LogP contribution in [0.5, 0.6) is 0 Å². The van der Waals surface area contributed by atoms with Crippen LogP contribution in [0.3, 0.4) is 0 Å². The summed E-state index contributed by atoms with van der Waals surface area (Å²) in [5.41, 5.74) is 3.16. The van der Waals surface area contributed by atoms with Gasteiger partial charge in [0.2, 0.25) is 0 Å². The summed E-state index contributed by atoms with van der Waals surface area (Å²) in [4.78, 5) is 17.0. The van der Waals surface area contributed by atoms with E-state index >= 15 is 0 Å². The Bertz CT molecular complexity index is 904. The normalized spacial score (nSPS) is 15.0. The number of ether oxygens (including phenoxy) is 1. The molecule has 0 radical (unpaired) electrons. The van der Waals surface area contributed by atoms with Crippen LogP contribution in [0.1, 0.15) is 58.3 Å². The Morgan fingerprint density at radius 1 is 1.35 bits per heavy atom. The van der Waals surface area contributed by atoms with E-state index in [4.69, 9.17) is 9.72 Å². The fourth-order valence-electron chi connectivity index (χ4n) is 3.43. The van der Waals surface area contributed by atoms with Crippen molar-refractivity contribution in [1.82, 2.24) is 30.6 Å². The molecule has 1 aliphatic carbocycles. The Labute approximate surface area is 198 Å². The second-order valence-electron chi connectivity index (χ2n) is 9.14. The zero-order valence-electron chi connectivity index (χ0n) is 19.0. The fourth-order valence-corrected chi connectivity index (χ4v) is 4.11. The van der Waals surface area contributed by atoms with Crippen molar-refractivity contribution in [3.8, 4) is 11.4 Å². The zero-order chi connectivity index (χ0) is 22.6. The van der Waals surface area contributed by atoms with Gasteiger partial charge in [0.15, 0.2) is 0 Å². The molecule has 1 fully saturated rings. The molecule has 2 heterocycles. The summed E-state index contributed by atoms with van der Waals surface area (Å²) in [5, 5.41) is 15.1. The zero-order valence-corrected chi connectivity index (χ0v) is 21.2. The maximum absolute atomic E-state index is 12.2. The molecule has 0 aromatic carbocycles. The molecule has 0 aliphatic heterocycles. The van der Waals surface area contributed by atoms with Gasteiger partial charge in [0.25, 0.3) is 0 Å². The van der Waals surface area contributed by atoms with Gasteiger partial charge in [0.1, 0.15) is 11.3 Å². The molecule has 1 amide bonds. The van der Waals surface area contributed by atoms with Gasteiger partial charge < -0.3 is 15.4 Å². The van der Waals surface area contributed by atoms with E-state index in [0.29, 0.717) is 19.0 Å². The highest BCUT2D eigenvalue weighted by molar-refractivity contribution is 14.1. The van der Waals surface area contributed by atoms with Crippen LogP contribution in [-0.4, -0.2) is 44.3 Å². The molecule has 0 saturated heterocycles. The lowest BCUT2D eigenvalue weighted by Gasteiger charge is -2.24. The molecule has 1 unspecified atom stereocenters. The first-order chi connectivity index (χ1) is 14.7. The average molecular weight is 540 g/mol. The topological polar surface area (TPSA) is 94.0 Å². The van der Waals surface area contributed by atoms with Gasteiger partial charge in [0, 0.05) is 29.7 Å². The van der Waals surface area contributed by atoms with Gasteiger partial charge in [0.05, 0.1) is 17.1 Å². The molecule has 0 bridgehead atoms. The van der Waals surface area contributed by atoms with Crippen molar-refractivity contribution in [1.29, 1.82) is 0 Å². The maximum atomic E-state index is 12.2. The number of halogens is 1. The summed E-state index contributed by atoms with van der Waals surface area (Å²) in [6.07, 6.45) is 3.94. The Balaban J connectivity index is 1.64. The van der Waals surface area contributed by atoms with E-state index in [0.717, 1.165) is 39.2 Å². The highest BCUT2D eigenvalue weighted by Gasteiger charge is 2.27. The number of rotatable bonds is 9. The highest BCUT2D eigenvalue weighted by Crippen LogP contribution is 2.33. The molecule has 1 atom stereocenters. The molecular weight excluding hydrogens is 507 g/mol. The van der Waals surface area contributed by atoms with Gasteiger partial charge in [-0.15, -0.1) is 5.10 Å². The van der Waals surface area contributed by atoms with E-state index in [-0.39, 0.29) is 12.1 Å². The minimum absolute atomic E-state index is 0.0232. The number of amides is 1. The van der Waals surface area contributed by atoms with Crippen molar-refractivity contribution >= 4 is 28.7 Å². The largest absolute Gasteiger partial charge is 0.444 e. The van der Waals surface area contributed by atoms with Crippen molar-refractivity contribution in [3.05, 3.63) is 27.1 Å².